The molecule has 3 aromatic rings. The van der Waals surface area contributed by atoms with E-state index >= 15 is 0 Å². The third-order valence-electron chi connectivity index (χ3n) is 6.08. The molecule has 1 aromatic heterocycles. The number of rotatable bonds is 9. The van der Waals surface area contributed by atoms with Gasteiger partial charge >= 0.3 is 6.03 Å². The Hall–Kier alpha value is -4.30. The predicted molar refractivity (Wildman–Crippen MR) is 145 cm³/mol. The second kappa shape index (κ2) is 12.3. The van der Waals surface area contributed by atoms with Crippen molar-refractivity contribution in [1.82, 2.24) is 15.2 Å². The maximum absolute atomic E-state index is 14.0. The number of carbonyl (C=O) groups is 2. The number of nitrogens with zero attached hydrogens (tertiary/aromatic N) is 2. The Bertz CT molecular complexity index is 1480. The number of amides is 3. The Morgan fingerprint density at radius 3 is 2.38 bits per heavy atom. The van der Waals surface area contributed by atoms with Crippen LogP contribution >= 0.6 is 0 Å². The fourth-order valence-electron chi connectivity index (χ4n) is 4.16. The van der Waals surface area contributed by atoms with Gasteiger partial charge < -0.3 is 21.1 Å². The first-order chi connectivity index (χ1) is 18.9. The van der Waals surface area contributed by atoms with Gasteiger partial charge in [0.05, 0.1) is 17.5 Å². The van der Waals surface area contributed by atoms with E-state index in [1.165, 1.54) is 0 Å². The number of carbonyl (C=O) groups excluding carboxylic acids is 2. The summed E-state index contributed by atoms with van der Waals surface area (Å²) in [5.74, 6) is -2.29. The van der Waals surface area contributed by atoms with E-state index in [0.29, 0.717) is 55.9 Å². The average molecular weight is 575 g/mol. The number of aromatic nitrogens is 1. The van der Waals surface area contributed by atoms with Crippen LogP contribution in [0.1, 0.15) is 28.8 Å². The van der Waals surface area contributed by atoms with Crippen LogP contribution in [-0.4, -0.2) is 55.6 Å². The van der Waals surface area contributed by atoms with Crippen molar-refractivity contribution in [1.29, 1.82) is 0 Å². The Morgan fingerprint density at radius 2 is 1.77 bits per heavy atom. The second-order valence-corrected chi connectivity index (χ2v) is 11.1. The van der Waals surface area contributed by atoms with Crippen LogP contribution in [0.25, 0.3) is 0 Å². The lowest BCUT2D eigenvalue weighted by Gasteiger charge is -2.32. The van der Waals surface area contributed by atoms with E-state index in [1.807, 2.05) is 6.07 Å². The molecular weight excluding hydrogens is 546 g/mol. The van der Waals surface area contributed by atoms with E-state index in [-0.39, 0.29) is 11.7 Å². The SMILES string of the molecule is CS(=O)(=O)Nc1ccc(Oc2ccc(CN3CCC(NC(=O)Nc4cc(C(N)=O)c(F)cc4F)CC3)cn2)cc1. The molecule has 0 bridgehead atoms. The lowest BCUT2D eigenvalue weighted by molar-refractivity contribution is 0.0996. The van der Waals surface area contributed by atoms with Crippen molar-refractivity contribution >= 4 is 33.3 Å². The molecule has 2 aromatic carbocycles. The number of anilines is 2. The molecule has 1 aliphatic rings. The minimum absolute atomic E-state index is 0.150. The molecular formula is C26H28F2N6O5S. The summed E-state index contributed by atoms with van der Waals surface area (Å²) in [5, 5.41) is 5.08. The molecule has 0 aliphatic carbocycles. The molecule has 11 nitrogen and oxygen atoms in total. The molecule has 1 fully saturated rings. The summed E-state index contributed by atoms with van der Waals surface area (Å²) < 4.78 is 58.4. The van der Waals surface area contributed by atoms with Gasteiger partial charge in [-0.15, -0.1) is 0 Å². The van der Waals surface area contributed by atoms with Gasteiger partial charge in [-0.25, -0.2) is 27.0 Å². The second-order valence-electron chi connectivity index (χ2n) is 9.33. The van der Waals surface area contributed by atoms with Crippen molar-refractivity contribution in [3.8, 4) is 11.6 Å². The van der Waals surface area contributed by atoms with Crippen molar-refractivity contribution in [2.24, 2.45) is 5.73 Å². The molecule has 0 unspecified atom stereocenters. The molecule has 2 heterocycles. The Balaban J connectivity index is 1.22. The van der Waals surface area contributed by atoms with Gasteiger partial charge in [-0.05, 0) is 48.7 Å². The van der Waals surface area contributed by atoms with Crippen LogP contribution in [0.3, 0.4) is 0 Å². The summed E-state index contributed by atoms with van der Waals surface area (Å²) in [6.45, 7) is 2.05. The highest BCUT2D eigenvalue weighted by molar-refractivity contribution is 7.92. The molecule has 0 atom stereocenters. The molecule has 1 aliphatic heterocycles. The molecule has 14 heteroatoms. The largest absolute Gasteiger partial charge is 0.439 e. The number of primary amides is 1. The van der Waals surface area contributed by atoms with E-state index < -0.39 is 39.2 Å². The number of sulfonamides is 1. The third-order valence-corrected chi connectivity index (χ3v) is 6.68. The molecule has 0 radical (unpaired) electrons. The fourth-order valence-corrected chi connectivity index (χ4v) is 4.73. The number of urea groups is 1. The molecule has 0 saturated carbocycles. The Labute approximate surface area is 229 Å². The summed E-state index contributed by atoms with van der Waals surface area (Å²) >= 11 is 0. The van der Waals surface area contributed by atoms with Crippen LogP contribution in [0.2, 0.25) is 0 Å². The number of piperidine rings is 1. The highest BCUT2D eigenvalue weighted by atomic mass is 32.2. The van der Waals surface area contributed by atoms with Crippen molar-refractivity contribution in [3.05, 3.63) is 77.5 Å². The van der Waals surface area contributed by atoms with E-state index in [4.69, 9.17) is 10.5 Å². The van der Waals surface area contributed by atoms with Crippen LogP contribution in [-0.2, 0) is 16.6 Å². The van der Waals surface area contributed by atoms with Crippen molar-refractivity contribution in [3.63, 3.8) is 0 Å². The maximum Gasteiger partial charge on any atom is 0.319 e. The van der Waals surface area contributed by atoms with E-state index in [0.717, 1.165) is 17.9 Å². The number of benzene rings is 2. The number of nitrogens with one attached hydrogen (secondary N) is 3. The lowest BCUT2D eigenvalue weighted by atomic mass is 10.0. The highest BCUT2D eigenvalue weighted by Gasteiger charge is 2.22. The zero-order chi connectivity index (χ0) is 28.9. The summed E-state index contributed by atoms with van der Waals surface area (Å²) in [4.78, 5) is 30.2. The highest BCUT2D eigenvalue weighted by Crippen LogP contribution is 2.23. The molecule has 5 N–H and O–H groups in total. The normalized spacial score (nSPS) is 14.4. The fraction of sp³-hybridized carbons (Fsp3) is 0.269. The number of nitrogens with two attached hydrogens (primary N) is 1. The first kappa shape index (κ1) is 28.7. The van der Waals surface area contributed by atoms with E-state index in [2.05, 4.69) is 25.2 Å². The quantitative estimate of drug-likeness (QED) is 0.305. The Kier molecular flexibility index (Phi) is 8.80. The van der Waals surface area contributed by atoms with Gasteiger partial charge in [0.25, 0.3) is 5.91 Å². The van der Waals surface area contributed by atoms with Gasteiger partial charge in [0, 0.05) is 49.7 Å². The van der Waals surface area contributed by atoms with Crippen LogP contribution in [0, 0.1) is 11.6 Å². The lowest BCUT2D eigenvalue weighted by Crippen LogP contribution is -2.45. The monoisotopic (exact) mass is 574 g/mol. The molecule has 212 valence electrons. The maximum atomic E-state index is 14.0. The number of hydrogen-bond donors (Lipinski definition) is 4. The topological polar surface area (TPSA) is 156 Å². The van der Waals surface area contributed by atoms with Gasteiger partial charge in [-0.3, -0.25) is 14.4 Å². The number of hydrogen-bond acceptors (Lipinski definition) is 7. The number of likely N-dealkylation sites (tertiary alicyclic amines) is 1. The van der Waals surface area contributed by atoms with Crippen molar-refractivity contribution in [2.45, 2.75) is 25.4 Å². The van der Waals surface area contributed by atoms with Gasteiger partial charge in [0.15, 0.2) is 0 Å². The van der Waals surface area contributed by atoms with Gasteiger partial charge in [-0.1, -0.05) is 6.07 Å². The van der Waals surface area contributed by atoms with Gasteiger partial charge in [-0.2, -0.15) is 0 Å². The van der Waals surface area contributed by atoms with Crippen LogP contribution in [0.5, 0.6) is 11.6 Å². The smallest absolute Gasteiger partial charge is 0.319 e. The van der Waals surface area contributed by atoms with Crippen molar-refractivity contribution in [2.75, 3.05) is 29.4 Å². The zero-order valence-electron chi connectivity index (χ0n) is 21.5. The first-order valence-electron chi connectivity index (χ1n) is 12.2. The third kappa shape index (κ3) is 8.10. The molecule has 0 spiro atoms. The number of pyridine rings is 1. The molecule has 40 heavy (non-hydrogen) atoms. The standard InChI is InChI=1S/C26H28F2N6O5S/c1-40(37,38)33-18-3-5-19(6-4-18)39-24-7-2-16(14-30-24)15-34-10-8-17(9-11-34)31-26(36)32-23-12-20(25(29)35)21(27)13-22(23)28/h2-7,12-14,17,33H,8-11,15H2,1H3,(H2,29,35)(H2,31,32,36). The predicted octanol–water partition coefficient (Wildman–Crippen LogP) is 3.41. The summed E-state index contributed by atoms with van der Waals surface area (Å²) in [6.07, 6.45) is 4.10. The summed E-state index contributed by atoms with van der Waals surface area (Å²) in [5.41, 5.74) is 5.62. The number of halogens is 2. The Morgan fingerprint density at radius 1 is 1.07 bits per heavy atom. The van der Waals surface area contributed by atoms with Crippen LogP contribution in [0.4, 0.5) is 25.0 Å². The van der Waals surface area contributed by atoms with Gasteiger partial charge in [0.2, 0.25) is 15.9 Å². The van der Waals surface area contributed by atoms with Crippen molar-refractivity contribution < 1.29 is 31.5 Å². The minimum atomic E-state index is -3.36. The molecule has 3 amide bonds. The summed E-state index contributed by atoms with van der Waals surface area (Å²) in [6, 6.07) is 10.7. The van der Waals surface area contributed by atoms with Gasteiger partial charge in [0.1, 0.15) is 17.4 Å². The number of ether oxygens (including phenoxy) is 1. The summed E-state index contributed by atoms with van der Waals surface area (Å²) in [7, 11) is -3.36. The molecule has 4 rings (SSSR count). The van der Waals surface area contributed by atoms with Crippen LogP contribution in [0.15, 0.2) is 54.7 Å². The molecule has 1 saturated heterocycles. The first-order valence-corrected chi connectivity index (χ1v) is 14.1. The minimum Gasteiger partial charge on any atom is -0.439 e. The average Bonchev–Trinajstić information content (AvgIpc) is 2.88. The zero-order valence-corrected chi connectivity index (χ0v) is 22.3. The van der Waals surface area contributed by atoms with E-state index in [9.17, 15) is 26.8 Å². The van der Waals surface area contributed by atoms with Crippen LogP contribution < -0.4 is 25.8 Å². The van der Waals surface area contributed by atoms with E-state index in [1.54, 1.807) is 36.5 Å².